The topological polar surface area (TPSA) is 72.0 Å². The van der Waals surface area contributed by atoms with Crippen LogP contribution in [0.25, 0.3) is 11.3 Å². The summed E-state index contributed by atoms with van der Waals surface area (Å²) in [5.41, 5.74) is 1.81. The Labute approximate surface area is 153 Å². The van der Waals surface area contributed by atoms with Gasteiger partial charge in [-0.25, -0.2) is 4.98 Å². The number of halogens is 3. The standard InChI is InChI=1S/C18H16F3N5O/c1-2-23-17-25-15(12-5-4-8-22-11-12)10-16(26-17)24-13-6-3-7-14(9-13)27-18(19,20)21/h3-11H,2H2,1H3,(H2,23,24,25,26). The monoisotopic (exact) mass is 375 g/mol. The van der Waals surface area contributed by atoms with E-state index < -0.39 is 6.36 Å². The predicted molar refractivity (Wildman–Crippen MR) is 95.8 cm³/mol. The van der Waals surface area contributed by atoms with Crippen LogP contribution in [-0.2, 0) is 0 Å². The molecular formula is C18H16F3N5O. The van der Waals surface area contributed by atoms with E-state index in [-0.39, 0.29) is 5.75 Å². The lowest BCUT2D eigenvalue weighted by Gasteiger charge is -2.12. The fourth-order valence-electron chi connectivity index (χ4n) is 2.33. The number of ether oxygens (including phenoxy) is 1. The molecule has 1 aromatic carbocycles. The van der Waals surface area contributed by atoms with E-state index in [1.165, 1.54) is 18.2 Å². The number of benzene rings is 1. The molecule has 0 radical (unpaired) electrons. The fourth-order valence-corrected chi connectivity index (χ4v) is 2.33. The lowest BCUT2D eigenvalue weighted by atomic mass is 10.2. The average Bonchev–Trinajstić information content (AvgIpc) is 2.61. The van der Waals surface area contributed by atoms with E-state index in [0.717, 1.165) is 5.56 Å². The zero-order chi connectivity index (χ0) is 19.3. The average molecular weight is 375 g/mol. The Morgan fingerprint density at radius 2 is 1.93 bits per heavy atom. The molecule has 2 heterocycles. The number of anilines is 3. The summed E-state index contributed by atoms with van der Waals surface area (Å²) in [6, 6.07) is 10.9. The van der Waals surface area contributed by atoms with Crippen LogP contribution in [0.1, 0.15) is 6.92 Å². The Balaban J connectivity index is 1.90. The van der Waals surface area contributed by atoms with Gasteiger partial charge in [0.1, 0.15) is 11.6 Å². The highest BCUT2D eigenvalue weighted by Gasteiger charge is 2.31. The van der Waals surface area contributed by atoms with Crippen LogP contribution in [0.3, 0.4) is 0 Å². The quantitative estimate of drug-likeness (QED) is 0.655. The van der Waals surface area contributed by atoms with Crippen molar-refractivity contribution in [1.29, 1.82) is 0 Å². The van der Waals surface area contributed by atoms with Crippen molar-refractivity contribution >= 4 is 17.5 Å². The number of aromatic nitrogens is 3. The molecule has 0 bridgehead atoms. The minimum atomic E-state index is -4.75. The molecule has 0 atom stereocenters. The van der Waals surface area contributed by atoms with E-state index >= 15 is 0 Å². The summed E-state index contributed by atoms with van der Waals surface area (Å²) in [7, 11) is 0. The molecule has 6 nitrogen and oxygen atoms in total. The third-order valence-electron chi connectivity index (χ3n) is 3.36. The van der Waals surface area contributed by atoms with Gasteiger partial charge >= 0.3 is 6.36 Å². The Morgan fingerprint density at radius 1 is 1.07 bits per heavy atom. The van der Waals surface area contributed by atoms with Crippen LogP contribution in [0.2, 0.25) is 0 Å². The molecule has 0 aliphatic rings. The molecule has 0 unspecified atom stereocenters. The minimum absolute atomic E-state index is 0.319. The van der Waals surface area contributed by atoms with Crippen LogP contribution in [0.15, 0.2) is 54.9 Å². The highest BCUT2D eigenvalue weighted by Crippen LogP contribution is 2.27. The first-order valence-electron chi connectivity index (χ1n) is 8.09. The number of alkyl halides is 3. The Morgan fingerprint density at radius 3 is 2.63 bits per heavy atom. The van der Waals surface area contributed by atoms with Crippen molar-refractivity contribution in [2.45, 2.75) is 13.3 Å². The maximum atomic E-state index is 12.4. The van der Waals surface area contributed by atoms with Crippen LogP contribution in [0.4, 0.5) is 30.6 Å². The summed E-state index contributed by atoms with van der Waals surface area (Å²) in [5.74, 6) is 0.494. The maximum absolute atomic E-state index is 12.4. The van der Waals surface area contributed by atoms with Gasteiger partial charge in [-0.2, -0.15) is 4.98 Å². The predicted octanol–water partition coefficient (Wildman–Crippen LogP) is 4.61. The van der Waals surface area contributed by atoms with Gasteiger partial charge in [0.15, 0.2) is 0 Å². The molecule has 3 rings (SSSR count). The summed E-state index contributed by atoms with van der Waals surface area (Å²) in [5, 5.41) is 6.01. The molecule has 3 aromatic rings. The molecule has 27 heavy (non-hydrogen) atoms. The number of nitrogens with zero attached hydrogens (tertiary/aromatic N) is 3. The van der Waals surface area contributed by atoms with Gasteiger partial charge in [-0.1, -0.05) is 6.07 Å². The molecule has 0 fully saturated rings. The van der Waals surface area contributed by atoms with Crippen LogP contribution in [-0.4, -0.2) is 27.9 Å². The molecule has 0 aliphatic carbocycles. The van der Waals surface area contributed by atoms with Crippen LogP contribution in [0, 0.1) is 0 Å². The lowest BCUT2D eigenvalue weighted by Crippen LogP contribution is -2.17. The minimum Gasteiger partial charge on any atom is -0.406 e. The lowest BCUT2D eigenvalue weighted by molar-refractivity contribution is -0.274. The molecule has 2 aromatic heterocycles. The molecule has 0 amide bonds. The van der Waals surface area contributed by atoms with Crippen molar-refractivity contribution in [3.63, 3.8) is 0 Å². The van der Waals surface area contributed by atoms with Crippen molar-refractivity contribution < 1.29 is 17.9 Å². The summed E-state index contributed by atoms with van der Waals surface area (Å²) >= 11 is 0. The summed E-state index contributed by atoms with van der Waals surface area (Å²) < 4.78 is 41.1. The number of rotatable bonds is 6. The van der Waals surface area contributed by atoms with Crippen molar-refractivity contribution in [2.24, 2.45) is 0 Å². The van der Waals surface area contributed by atoms with Crippen LogP contribution in [0.5, 0.6) is 5.75 Å². The van der Waals surface area contributed by atoms with Gasteiger partial charge in [-0.3, -0.25) is 4.98 Å². The Bertz CT molecular complexity index is 903. The number of nitrogens with one attached hydrogen (secondary N) is 2. The Kier molecular flexibility index (Phi) is 5.39. The SMILES string of the molecule is CCNc1nc(Nc2cccc(OC(F)(F)F)c2)cc(-c2cccnc2)n1. The first-order chi connectivity index (χ1) is 12.9. The van der Waals surface area contributed by atoms with Gasteiger partial charge in [0.05, 0.1) is 5.69 Å². The molecule has 0 saturated heterocycles. The van der Waals surface area contributed by atoms with Crippen molar-refractivity contribution in [3.8, 4) is 17.0 Å². The molecular weight excluding hydrogens is 359 g/mol. The highest BCUT2D eigenvalue weighted by atomic mass is 19.4. The number of hydrogen-bond acceptors (Lipinski definition) is 6. The third kappa shape index (κ3) is 5.30. The van der Waals surface area contributed by atoms with Crippen LogP contribution >= 0.6 is 0 Å². The highest BCUT2D eigenvalue weighted by molar-refractivity contribution is 5.67. The second-order valence-corrected chi connectivity index (χ2v) is 5.43. The van der Waals surface area contributed by atoms with Gasteiger partial charge in [0.25, 0.3) is 0 Å². The first kappa shape index (κ1) is 18.4. The van der Waals surface area contributed by atoms with Crippen molar-refractivity contribution in [3.05, 3.63) is 54.9 Å². The summed E-state index contributed by atoms with van der Waals surface area (Å²) in [6.07, 6.45) is -1.43. The zero-order valence-electron chi connectivity index (χ0n) is 14.3. The Hall–Kier alpha value is -3.36. The molecule has 0 spiro atoms. The van der Waals surface area contributed by atoms with Crippen molar-refractivity contribution in [2.75, 3.05) is 17.2 Å². The van der Waals surface area contributed by atoms with E-state index in [9.17, 15) is 13.2 Å². The first-order valence-corrected chi connectivity index (χ1v) is 8.09. The van der Waals surface area contributed by atoms with Gasteiger partial charge in [0, 0.05) is 42.3 Å². The molecule has 0 aliphatic heterocycles. The molecule has 9 heteroatoms. The second-order valence-electron chi connectivity index (χ2n) is 5.43. The third-order valence-corrected chi connectivity index (χ3v) is 3.36. The van der Waals surface area contributed by atoms with E-state index in [2.05, 4.69) is 30.3 Å². The van der Waals surface area contributed by atoms with E-state index in [4.69, 9.17) is 0 Å². The van der Waals surface area contributed by atoms with Crippen molar-refractivity contribution in [1.82, 2.24) is 15.0 Å². The molecule has 2 N–H and O–H groups in total. The largest absolute Gasteiger partial charge is 0.573 e. The maximum Gasteiger partial charge on any atom is 0.573 e. The van der Waals surface area contributed by atoms with E-state index in [0.29, 0.717) is 29.7 Å². The number of hydrogen-bond donors (Lipinski definition) is 2. The summed E-state index contributed by atoms with van der Waals surface area (Å²) in [4.78, 5) is 12.8. The fraction of sp³-hybridized carbons (Fsp3) is 0.167. The van der Waals surface area contributed by atoms with Gasteiger partial charge in [-0.15, -0.1) is 13.2 Å². The van der Waals surface area contributed by atoms with E-state index in [1.54, 1.807) is 30.6 Å². The van der Waals surface area contributed by atoms with Crippen LogP contribution < -0.4 is 15.4 Å². The smallest absolute Gasteiger partial charge is 0.406 e. The number of pyridine rings is 1. The van der Waals surface area contributed by atoms with E-state index in [1.807, 2.05) is 13.0 Å². The van der Waals surface area contributed by atoms with Gasteiger partial charge in [0.2, 0.25) is 5.95 Å². The molecule has 140 valence electrons. The zero-order valence-corrected chi connectivity index (χ0v) is 14.3. The molecule has 0 saturated carbocycles. The summed E-state index contributed by atoms with van der Waals surface area (Å²) in [6.45, 7) is 2.52. The van der Waals surface area contributed by atoms with Gasteiger partial charge < -0.3 is 15.4 Å². The normalized spacial score (nSPS) is 11.1. The second kappa shape index (κ2) is 7.90. The van der Waals surface area contributed by atoms with Gasteiger partial charge in [-0.05, 0) is 31.2 Å².